The summed E-state index contributed by atoms with van der Waals surface area (Å²) in [5, 5.41) is 0. The molecular weight excluding hydrogens is 172 g/mol. The molecule has 1 fully saturated rings. The summed E-state index contributed by atoms with van der Waals surface area (Å²) in [5.74, 6) is -0.629. The summed E-state index contributed by atoms with van der Waals surface area (Å²) in [6.45, 7) is 7.98. The summed E-state index contributed by atoms with van der Waals surface area (Å²) in [4.78, 5) is 0. The minimum atomic E-state index is -0.629. The van der Waals surface area contributed by atoms with Crippen LogP contribution in [0.2, 0.25) is 0 Å². The second-order valence-corrected chi connectivity index (χ2v) is 3.08. The molecule has 0 spiro atoms. The van der Waals surface area contributed by atoms with Crippen molar-refractivity contribution < 1.29 is 18.9 Å². The Bertz CT molecular complexity index is 151. The molecule has 0 bridgehead atoms. The van der Waals surface area contributed by atoms with Crippen molar-refractivity contribution in [3.05, 3.63) is 0 Å². The molecule has 2 unspecified atom stereocenters. The average molecular weight is 190 g/mol. The first-order valence-corrected chi connectivity index (χ1v) is 4.71. The van der Waals surface area contributed by atoms with E-state index in [9.17, 15) is 0 Å². The lowest BCUT2D eigenvalue weighted by molar-refractivity contribution is -0.222. The van der Waals surface area contributed by atoms with Gasteiger partial charge in [0.25, 0.3) is 0 Å². The Balaban J connectivity index is 2.28. The lowest BCUT2D eigenvalue weighted by Gasteiger charge is -2.22. The van der Waals surface area contributed by atoms with Crippen molar-refractivity contribution >= 4 is 0 Å². The number of hydrogen-bond donors (Lipinski definition) is 0. The monoisotopic (exact) mass is 190 g/mol. The van der Waals surface area contributed by atoms with Gasteiger partial charge in [0.1, 0.15) is 13.2 Å². The van der Waals surface area contributed by atoms with Crippen LogP contribution < -0.4 is 0 Å². The lowest BCUT2D eigenvalue weighted by atomic mass is 10.3. The van der Waals surface area contributed by atoms with Crippen molar-refractivity contribution in [1.29, 1.82) is 0 Å². The van der Waals surface area contributed by atoms with Gasteiger partial charge in [0.05, 0.1) is 0 Å². The maximum atomic E-state index is 5.52. The third kappa shape index (κ3) is 3.23. The normalized spacial score (nSPS) is 33.9. The second kappa shape index (κ2) is 4.91. The van der Waals surface area contributed by atoms with Crippen LogP contribution in [-0.4, -0.2) is 38.5 Å². The molecule has 0 aliphatic carbocycles. The molecule has 0 radical (unpaired) electrons. The molecule has 4 nitrogen and oxygen atoms in total. The number of rotatable bonds is 5. The summed E-state index contributed by atoms with van der Waals surface area (Å²) >= 11 is 0. The van der Waals surface area contributed by atoms with Crippen LogP contribution in [0.5, 0.6) is 0 Å². The van der Waals surface area contributed by atoms with E-state index in [0.29, 0.717) is 26.4 Å². The molecule has 1 heterocycles. The van der Waals surface area contributed by atoms with Crippen molar-refractivity contribution in [2.75, 3.05) is 26.4 Å². The molecule has 1 saturated heterocycles. The van der Waals surface area contributed by atoms with Crippen LogP contribution in [0.3, 0.4) is 0 Å². The number of hydrogen-bond acceptors (Lipinski definition) is 4. The van der Waals surface area contributed by atoms with Crippen molar-refractivity contribution in [2.24, 2.45) is 0 Å². The smallest absolute Gasteiger partial charge is 0.192 e. The first-order valence-electron chi connectivity index (χ1n) is 4.71. The SMILES string of the molecule is CCOCC1(C)OCC(OCC)O1. The fourth-order valence-corrected chi connectivity index (χ4v) is 1.22. The Morgan fingerprint density at radius 3 is 2.77 bits per heavy atom. The minimum absolute atomic E-state index is 0.240. The van der Waals surface area contributed by atoms with Gasteiger partial charge in [-0.25, -0.2) is 0 Å². The summed E-state index contributed by atoms with van der Waals surface area (Å²) in [5.41, 5.74) is 0. The molecule has 1 aliphatic heterocycles. The Hall–Kier alpha value is -0.160. The lowest BCUT2D eigenvalue weighted by Crippen LogP contribution is -2.33. The van der Waals surface area contributed by atoms with Crippen LogP contribution in [0.15, 0.2) is 0 Å². The van der Waals surface area contributed by atoms with E-state index in [-0.39, 0.29) is 6.29 Å². The molecule has 0 aromatic heterocycles. The first-order chi connectivity index (χ1) is 6.20. The van der Waals surface area contributed by atoms with E-state index in [2.05, 4.69) is 0 Å². The highest BCUT2D eigenvalue weighted by Crippen LogP contribution is 2.24. The molecule has 0 aromatic carbocycles. The van der Waals surface area contributed by atoms with Gasteiger partial charge in [-0.1, -0.05) is 0 Å². The van der Waals surface area contributed by atoms with Crippen molar-refractivity contribution in [1.82, 2.24) is 0 Å². The van der Waals surface area contributed by atoms with Crippen LogP contribution >= 0.6 is 0 Å². The van der Waals surface area contributed by atoms with Crippen LogP contribution in [0.4, 0.5) is 0 Å². The Kier molecular flexibility index (Phi) is 4.12. The van der Waals surface area contributed by atoms with E-state index >= 15 is 0 Å². The number of ether oxygens (including phenoxy) is 4. The van der Waals surface area contributed by atoms with E-state index in [1.54, 1.807) is 0 Å². The molecule has 0 amide bonds. The molecule has 13 heavy (non-hydrogen) atoms. The van der Waals surface area contributed by atoms with E-state index < -0.39 is 5.79 Å². The average Bonchev–Trinajstić information content (AvgIpc) is 2.46. The topological polar surface area (TPSA) is 36.9 Å². The second-order valence-electron chi connectivity index (χ2n) is 3.08. The summed E-state index contributed by atoms with van der Waals surface area (Å²) in [7, 11) is 0. The molecule has 4 heteroatoms. The molecule has 0 aromatic rings. The fourth-order valence-electron chi connectivity index (χ4n) is 1.22. The van der Waals surface area contributed by atoms with Crippen LogP contribution in [0.25, 0.3) is 0 Å². The predicted octanol–water partition coefficient (Wildman–Crippen LogP) is 1.15. The summed E-state index contributed by atoms with van der Waals surface area (Å²) in [6.07, 6.45) is -0.240. The van der Waals surface area contributed by atoms with Gasteiger partial charge in [-0.15, -0.1) is 0 Å². The molecular formula is C9H18O4. The predicted molar refractivity (Wildman–Crippen MR) is 47.3 cm³/mol. The highest BCUT2D eigenvalue weighted by molar-refractivity contribution is 4.69. The maximum absolute atomic E-state index is 5.52. The van der Waals surface area contributed by atoms with Crippen LogP contribution in [0, 0.1) is 0 Å². The first kappa shape index (κ1) is 10.9. The van der Waals surface area contributed by atoms with Crippen LogP contribution in [-0.2, 0) is 18.9 Å². The molecule has 78 valence electrons. The highest BCUT2D eigenvalue weighted by atomic mass is 16.8. The Morgan fingerprint density at radius 1 is 1.38 bits per heavy atom. The van der Waals surface area contributed by atoms with Crippen molar-refractivity contribution in [3.8, 4) is 0 Å². The molecule has 1 aliphatic rings. The molecule has 2 atom stereocenters. The molecule has 0 saturated carbocycles. The maximum Gasteiger partial charge on any atom is 0.192 e. The zero-order valence-corrected chi connectivity index (χ0v) is 8.54. The standard InChI is InChI=1S/C9H18O4/c1-4-10-7-9(3)12-6-8(13-9)11-5-2/h8H,4-7H2,1-3H3. The third-order valence-corrected chi connectivity index (χ3v) is 1.83. The van der Waals surface area contributed by atoms with Gasteiger partial charge in [0.15, 0.2) is 12.1 Å². The zero-order valence-electron chi connectivity index (χ0n) is 8.54. The van der Waals surface area contributed by atoms with Crippen LogP contribution in [0.1, 0.15) is 20.8 Å². The fraction of sp³-hybridized carbons (Fsp3) is 1.00. The molecule has 1 rings (SSSR count). The van der Waals surface area contributed by atoms with E-state index in [1.165, 1.54) is 0 Å². The quantitative estimate of drug-likeness (QED) is 0.651. The third-order valence-electron chi connectivity index (χ3n) is 1.83. The van der Waals surface area contributed by atoms with E-state index in [0.717, 1.165) is 0 Å². The molecule has 0 N–H and O–H groups in total. The van der Waals surface area contributed by atoms with Gasteiger partial charge in [-0.3, -0.25) is 0 Å². The largest absolute Gasteiger partial charge is 0.376 e. The van der Waals surface area contributed by atoms with Gasteiger partial charge in [-0.2, -0.15) is 0 Å². The highest BCUT2D eigenvalue weighted by Gasteiger charge is 2.37. The van der Waals surface area contributed by atoms with Gasteiger partial charge < -0.3 is 18.9 Å². The van der Waals surface area contributed by atoms with Crippen molar-refractivity contribution in [2.45, 2.75) is 32.8 Å². The Labute approximate surface area is 79.1 Å². The van der Waals surface area contributed by atoms with Gasteiger partial charge in [-0.05, 0) is 20.8 Å². The van der Waals surface area contributed by atoms with Crippen molar-refractivity contribution in [3.63, 3.8) is 0 Å². The zero-order chi connectivity index (χ0) is 9.73. The van der Waals surface area contributed by atoms with Gasteiger partial charge in [0.2, 0.25) is 0 Å². The summed E-state index contributed by atoms with van der Waals surface area (Å²) < 4.78 is 21.5. The van der Waals surface area contributed by atoms with Gasteiger partial charge >= 0.3 is 0 Å². The Morgan fingerprint density at radius 2 is 2.15 bits per heavy atom. The van der Waals surface area contributed by atoms with E-state index in [1.807, 2.05) is 20.8 Å². The van der Waals surface area contributed by atoms with Gasteiger partial charge in [0, 0.05) is 13.2 Å². The van der Waals surface area contributed by atoms with E-state index in [4.69, 9.17) is 18.9 Å². The minimum Gasteiger partial charge on any atom is -0.376 e. The summed E-state index contributed by atoms with van der Waals surface area (Å²) in [6, 6.07) is 0.